The highest BCUT2D eigenvalue weighted by Gasteiger charge is 2.10. The quantitative estimate of drug-likeness (QED) is 0.842. The number of aryl methyl sites for hydroxylation is 1. The number of hydrogen-bond donors (Lipinski definition) is 2. The summed E-state index contributed by atoms with van der Waals surface area (Å²) in [5.41, 5.74) is 1.24. The molecule has 0 aromatic carbocycles. The molecule has 5 nitrogen and oxygen atoms in total. The van der Waals surface area contributed by atoms with Crippen LogP contribution < -0.4 is 5.32 Å². The van der Waals surface area contributed by atoms with Gasteiger partial charge in [-0.05, 0) is 28.8 Å². The van der Waals surface area contributed by atoms with Crippen LogP contribution in [0.5, 0.6) is 0 Å². The van der Waals surface area contributed by atoms with E-state index in [4.69, 9.17) is 0 Å². The maximum absolute atomic E-state index is 11.6. The number of aromatic nitrogens is 3. The van der Waals surface area contributed by atoms with Crippen molar-refractivity contribution in [2.75, 3.05) is 6.54 Å². The Morgan fingerprint density at radius 2 is 2.47 bits per heavy atom. The van der Waals surface area contributed by atoms with Crippen molar-refractivity contribution < 1.29 is 4.79 Å². The van der Waals surface area contributed by atoms with Crippen molar-refractivity contribution in [2.45, 2.75) is 19.8 Å². The first-order chi connectivity index (χ1) is 8.29. The minimum atomic E-state index is -0.226. The van der Waals surface area contributed by atoms with E-state index in [2.05, 4.69) is 31.9 Å². The predicted octanol–water partition coefficient (Wildman–Crippen LogP) is 1.40. The Balaban J connectivity index is 1.81. The van der Waals surface area contributed by atoms with Gasteiger partial charge in [-0.2, -0.15) is 11.3 Å². The zero-order chi connectivity index (χ0) is 12.1. The lowest BCUT2D eigenvalue weighted by molar-refractivity contribution is 0.0944. The number of carbonyl (C=O) groups excluding carboxylic acids is 1. The van der Waals surface area contributed by atoms with Crippen LogP contribution in [-0.2, 0) is 12.8 Å². The van der Waals surface area contributed by atoms with Crippen LogP contribution in [0.3, 0.4) is 0 Å². The summed E-state index contributed by atoms with van der Waals surface area (Å²) >= 11 is 1.66. The van der Waals surface area contributed by atoms with Gasteiger partial charge >= 0.3 is 0 Å². The molecule has 0 saturated carbocycles. The number of hydrogen-bond acceptors (Lipinski definition) is 4. The first-order valence-corrected chi connectivity index (χ1v) is 6.44. The van der Waals surface area contributed by atoms with Gasteiger partial charge in [0, 0.05) is 13.0 Å². The van der Waals surface area contributed by atoms with Gasteiger partial charge in [0.15, 0.2) is 0 Å². The van der Waals surface area contributed by atoms with E-state index in [1.807, 2.05) is 12.3 Å². The molecule has 0 aliphatic heterocycles. The van der Waals surface area contributed by atoms with Crippen molar-refractivity contribution in [1.82, 2.24) is 20.5 Å². The molecule has 0 aliphatic rings. The summed E-state index contributed by atoms with van der Waals surface area (Å²) < 4.78 is 0. The first kappa shape index (κ1) is 11.8. The predicted molar refractivity (Wildman–Crippen MR) is 66.1 cm³/mol. The number of amides is 1. The fraction of sp³-hybridized carbons (Fsp3) is 0.364. The molecule has 1 amide bonds. The lowest BCUT2D eigenvalue weighted by atomic mass is 10.2. The molecule has 6 heteroatoms. The van der Waals surface area contributed by atoms with Crippen LogP contribution in [-0.4, -0.2) is 27.6 Å². The van der Waals surface area contributed by atoms with Crippen LogP contribution in [0, 0.1) is 0 Å². The summed E-state index contributed by atoms with van der Waals surface area (Å²) in [6.07, 6.45) is 1.58. The van der Waals surface area contributed by atoms with Gasteiger partial charge in [0.05, 0.1) is 0 Å². The molecule has 2 aromatic heterocycles. The van der Waals surface area contributed by atoms with Gasteiger partial charge in [0.1, 0.15) is 5.82 Å². The van der Waals surface area contributed by atoms with Crippen LogP contribution in [0.25, 0.3) is 0 Å². The van der Waals surface area contributed by atoms with E-state index < -0.39 is 0 Å². The largest absolute Gasteiger partial charge is 0.349 e. The fourth-order valence-corrected chi connectivity index (χ4v) is 2.09. The van der Waals surface area contributed by atoms with Gasteiger partial charge in [-0.1, -0.05) is 6.92 Å². The minimum Gasteiger partial charge on any atom is -0.349 e. The third-order valence-corrected chi connectivity index (χ3v) is 3.08. The third kappa shape index (κ3) is 3.13. The molecular formula is C11H14N4OS. The van der Waals surface area contributed by atoms with Gasteiger partial charge in [-0.25, -0.2) is 4.98 Å². The monoisotopic (exact) mass is 250 g/mol. The molecule has 2 N–H and O–H groups in total. The van der Waals surface area contributed by atoms with Crippen molar-refractivity contribution in [1.29, 1.82) is 0 Å². The number of rotatable bonds is 5. The second-order valence-electron chi connectivity index (χ2n) is 3.60. The van der Waals surface area contributed by atoms with Crippen molar-refractivity contribution in [3.8, 4) is 0 Å². The maximum Gasteiger partial charge on any atom is 0.290 e. The molecule has 17 heavy (non-hydrogen) atoms. The minimum absolute atomic E-state index is 0.215. The molecule has 0 unspecified atom stereocenters. The Kier molecular flexibility index (Phi) is 3.87. The second kappa shape index (κ2) is 5.58. The summed E-state index contributed by atoms with van der Waals surface area (Å²) in [6.45, 7) is 2.56. The molecule has 2 rings (SSSR count). The van der Waals surface area contributed by atoms with Crippen molar-refractivity contribution in [3.63, 3.8) is 0 Å². The average Bonchev–Trinajstić information content (AvgIpc) is 2.99. The van der Waals surface area contributed by atoms with Crippen LogP contribution in [0.4, 0.5) is 0 Å². The number of nitrogens with one attached hydrogen (secondary N) is 2. The molecule has 2 aromatic rings. The van der Waals surface area contributed by atoms with Crippen LogP contribution in [0.1, 0.15) is 28.9 Å². The SMILES string of the molecule is CCc1nc(C(=O)NCCc2ccsc2)n[nH]1. The van der Waals surface area contributed by atoms with Crippen molar-refractivity contribution in [3.05, 3.63) is 34.0 Å². The summed E-state index contributed by atoms with van der Waals surface area (Å²) in [6, 6.07) is 2.05. The Hall–Kier alpha value is -1.69. The number of aromatic amines is 1. The lowest BCUT2D eigenvalue weighted by Crippen LogP contribution is -2.26. The molecular weight excluding hydrogens is 236 g/mol. The summed E-state index contributed by atoms with van der Waals surface area (Å²) in [5, 5.41) is 13.5. The number of H-pyrrole nitrogens is 1. The van der Waals surface area contributed by atoms with Crippen LogP contribution >= 0.6 is 11.3 Å². The number of carbonyl (C=O) groups is 1. The lowest BCUT2D eigenvalue weighted by Gasteiger charge is -2.00. The van der Waals surface area contributed by atoms with E-state index in [0.29, 0.717) is 6.54 Å². The van der Waals surface area contributed by atoms with Crippen LogP contribution in [0.2, 0.25) is 0 Å². The van der Waals surface area contributed by atoms with Crippen molar-refractivity contribution >= 4 is 17.2 Å². The standard InChI is InChI=1S/C11H14N4OS/c1-2-9-13-10(15-14-9)11(16)12-5-3-8-4-6-17-7-8/h4,6-7H,2-3,5H2,1H3,(H,12,16)(H,13,14,15). The van der Waals surface area contributed by atoms with E-state index in [-0.39, 0.29) is 11.7 Å². The highest BCUT2D eigenvalue weighted by molar-refractivity contribution is 7.07. The first-order valence-electron chi connectivity index (χ1n) is 5.50. The maximum atomic E-state index is 11.6. The van der Waals surface area contributed by atoms with E-state index in [1.54, 1.807) is 11.3 Å². The molecule has 0 fully saturated rings. The fourth-order valence-electron chi connectivity index (χ4n) is 1.39. The third-order valence-electron chi connectivity index (χ3n) is 2.35. The number of nitrogens with zero attached hydrogens (tertiary/aromatic N) is 2. The highest BCUT2D eigenvalue weighted by Crippen LogP contribution is 2.05. The summed E-state index contributed by atoms with van der Waals surface area (Å²) in [7, 11) is 0. The van der Waals surface area contributed by atoms with E-state index in [1.165, 1.54) is 5.56 Å². The van der Waals surface area contributed by atoms with E-state index in [0.717, 1.165) is 18.7 Å². The topological polar surface area (TPSA) is 70.7 Å². The smallest absolute Gasteiger partial charge is 0.290 e. The van der Waals surface area contributed by atoms with Crippen LogP contribution in [0.15, 0.2) is 16.8 Å². The molecule has 0 spiro atoms. The van der Waals surface area contributed by atoms with Gasteiger partial charge in [-0.15, -0.1) is 5.10 Å². The summed E-state index contributed by atoms with van der Waals surface area (Å²) in [4.78, 5) is 15.7. The molecule has 90 valence electrons. The van der Waals surface area contributed by atoms with Gasteiger partial charge in [0.2, 0.25) is 5.82 Å². The zero-order valence-electron chi connectivity index (χ0n) is 9.56. The van der Waals surface area contributed by atoms with Gasteiger partial charge in [-0.3, -0.25) is 9.89 Å². The Labute approximate surface area is 103 Å². The second-order valence-corrected chi connectivity index (χ2v) is 4.38. The Morgan fingerprint density at radius 3 is 3.12 bits per heavy atom. The summed E-state index contributed by atoms with van der Waals surface area (Å²) in [5.74, 6) is 0.719. The van der Waals surface area contributed by atoms with E-state index >= 15 is 0 Å². The highest BCUT2D eigenvalue weighted by atomic mass is 32.1. The molecule has 0 atom stereocenters. The van der Waals surface area contributed by atoms with E-state index in [9.17, 15) is 4.79 Å². The Morgan fingerprint density at radius 1 is 1.59 bits per heavy atom. The van der Waals surface area contributed by atoms with Crippen molar-refractivity contribution in [2.24, 2.45) is 0 Å². The average molecular weight is 250 g/mol. The zero-order valence-corrected chi connectivity index (χ0v) is 10.4. The van der Waals surface area contributed by atoms with Gasteiger partial charge in [0.25, 0.3) is 5.91 Å². The molecule has 2 heterocycles. The molecule has 0 radical (unpaired) electrons. The molecule has 0 aliphatic carbocycles. The molecule has 0 bridgehead atoms. The normalized spacial score (nSPS) is 10.4. The Bertz CT molecular complexity index is 477. The number of thiophene rings is 1. The van der Waals surface area contributed by atoms with Gasteiger partial charge < -0.3 is 5.32 Å². The molecule has 0 saturated heterocycles.